The number of aryl methyl sites for hydroxylation is 2. The standard InChI is InChI=1S/C25H28Br2ClN3O2/c1-15(2)30-33-10-7-22(32)31-8-5-16(6-9-31)24-23-17(12-20(28)13-21(23)27)3-4-18-11-19(26)14-29-25(18)24/h11-14,16,24H,3-10H2,1-2H3/t24-/m1/s1. The van der Waals surface area contributed by atoms with Crippen LogP contribution in [0.15, 0.2) is 38.5 Å². The summed E-state index contributed by atoms with van der Waals surface area (Å²) in [5.41, 5.74) is 5.89. The third-order valence-electron chi connectivity index (χ3n) is 6.44. The molecule has 0 spiro atoms. The van der Waals surface area contributed by atoms with Crippen LogP contribution in [-0.2, 0) is 22.5 Å². The molecule has 1 aliphatic carbocycles. The maximum Gasteiger partial charge on any atom is 0.226 e. The number of pyridine rings is 1. The minimum Gasteiger partial charge on any atom is -0.395 e. The third kappa shape index (κ3) is 5.80. The Labute approximate surface area is 217 Å². The number of carbonyl (C=O) groups excluding carboxylic acids is 1. The summed E-state index contributed by atoms with van der Waals surface area (Å²) in [6, 6.07) is 6.31. The Balaban J connectivity index is 1.54. The Morgan fingerprint density at radius 1 is 1.18 bits per heavy atom. The van der Waals surface area contributed by atoms with Crippen molar-refractivity contribution >= 4 is 55.1 Å². The molecule has 0 N–H and O–H groups in total. The zero-order chi connectivity index (χ0) is 23.5. The second-order valence-electron chi connectivity index (χ2n) is 8.98. The van der Waals surface area contributed by atoms with Gasteiger partial charge in [0.2, 0.25) is 5.91 Å². The number of piperidine rings is 1. The van der Waals surface area contributed by atoms with E-state index in [1.165, 1.54) is 16.7 Å². The lowest BCUT2D eigenvalue weighted by molar-refractivity contribution is -0.133. The number of aromatic nitrogens is 1. The van der Waals surface area contributed by atoms with Crippen LogP contribution in [0.3, 0.4) is 0 Å². The van der Waals surface area contributed by atoms with Gasteiger partial charge >= 0.3 is 0 Å². The van der Waals surface area contributed by atoms with E-state index in [0.717, 1.165) is 64.1 Å². The van der Waals surface area contributed by atoms with Crippen molar-refractivity contribution in [2.75, 3.05) is 19.7 Å². The van der Waals surface area contributed by atoms with E-state index in [-0.39, 0.29) is 11.8 Å². The van der Waals surface area contributed by atoms with Crippen molar-refractivity contribution in [1.82, 2.24) is 9.88 Å². The number of likely N-dealkylation sites (tertiary alicyclic amines) is 1. The third-order valence-corrected chi connectivity index (χ3v) is 7.74. The SMILES string of the molecule is CC(C)=NOCCC(=O)N1CCC([C@H]2c3ncc(Br)cc3CCc3cc(Cl)cc(Br)c32)CC1. The van der Waals surface area contributed by atoms with Crippen molar-refractivity contribution in [1.29, 1.82) is 0 Å². The van der Waals surface area contributed by atoms with Crippen LogP contribution in [0.1, 0.15) is 61.4 Å². The largest absolute Gasteiger partial charge is 0.395 e. The van der Waals surface area contributed by atoms with Gasteiger partial charge in [0.25, 0.3) is 0 Å². The highest BCUT2D eigenvalue weighted by atomic mass is 79.9. The first kappa shape index (κ1) is 24.7. The van der Waals surface area contributed by atoms with E-state index in [2.05, 4.69) is 49.1 Å². The summed E-state index contributed by atoms with van der Waals surface area (Å²) in [7, 11) is 0. The summed E-state index contributed by atoms with van der Waals surface area (Å²) in [5.74, 6) is 0.716. The van der Waals surface area contributed by atoms with Gasteiger partial charge in [-0.15, -0.1) is 0 Å². The molecule has 33 heavy (non-hydrogen) atoms. The summed E-state index contributed by atoms with van der Waals surface area (Å²) in [6.45, 7) is 5.57. The first-order chi connectivity index (χ1) is 15.8. The van der Waals surface area contributed by atoms with Crippen molar-refractivity contribution in [3.63, 3.8) is 0 Å². The fourth-order valence-electron chi connectivity index (χ4n) is 4.98. The van der Waals surface area contributed by atoms with Gasteiger partial charge in [0.15, 0.2) is 0 Å². The predicted molar refractivity (Wildman–Crippen MR) is 139 cm³/mol. The fourth-order valence-corrected chi connectivity index (χ4v) is 6.48. The molecule has 1 amide bonds. The lowest BCUT2D eigenvalue weighted by Gasteiger charge is -2.37. The van der Waals surface area contributed by atoms with Gasteiger partial charge < -0.3 is 9.74 Å². The Morgan fingerprint density at radius 3 is 2.64 bits per heavy atom. The second-order valence-corrected chi connectivity index (χ2v) is 11.2. The molecule has 1 aliphatic heterocycles. The highest BCUT2D eigenvalue weighted by molar-refractivity contribution is 9.10. The van der Waals surface area contributed by atoms with Crippen molar-refractivity contribution in [2.45, 2.75) is 51.9 Å². The molecule has 0 radical (unpaired) electrons. The lowest BCUT2D eigenvalue weighted by Crippen LogP contribution is -2.40. The number of halogens is 3. The summed E-state index contributed by atoms with van der Waals surface area (Å²) in [5, 5.41) is 4.66. The van der Waals surface area contributed by atoms with Crippen molar-refractivity contribution in [3.05, 3.63) is 60.7 Å². The molecule has 1 atom stereocenters. The molecule has 176 valence electrons. The molecule has 0 unspecified atom stereocenters. The molecule has 8 heteroatoms. The average Bonchev–Trinajstić information content (AvgIpc) is 2.93. The number of oxime groups is 1. The van der Waals surface area contributed by atoms with Crippen molar-refractivity contribution in [3.8, 4) is 0 Å². The van der Waals surface area contributed by atoms with Gasteiger partial charge in [-0.2, -0.15) is 0 Å². The van der Waals surface area contributed by atoms with Crippen LogP contribution in [0.2, 0.25) is 5.02 Å². The summed E-state index contributed by atoms with van der Waals surface area (Å²) >= 11 is 13.8. The van der Waals surface area contributed by atoms with E-state index in [9.17, 15) is 4.79 Å². The zero-order valence-electron chi connectivity index (χ0n) is 18.9. The smallest absolute Gasteiger partial charge is 0.226 e. The van der Waals surface area contributed by atoms with E-state index in [1.807, 2.05) is 31.0 Å². The van der Waals surface area contributed by atoms with Crippen LogP contribution < -0.4 is 0 Å². The minimum absolute atomic E-state index is 0.133. The number of fused-ring (bicyclic) bond motifs is 2. The van der Waals surface area contributed by atoms with E-state index < -0.39 is 0 Å². The zero-order valence-corrected chi connectivity index (χ0v) is 22.8. The molecule has 1 saturated heterocycles. The van der Waals surface area contributed by atoms with E-state index in [0.29, 0.717) is 18.9 Å². The van der Waals surface area contributed by atoms with Gasteiger partial charge in [-0.25, -0.2) is 0 Å². The Bertz CT molecular complexity index is 1060. The molecule has 1 aromatic carbocycles. The quantitative estimate of drug-likeness (QED) is 0.224. The number of carbonyl (C=O) groups is 1. The number of amides is 1. The molecular formula is C25H28Br2ClN3O2. The fraction of sp³-hybridized carbons (Fsp3) is 0.480. The van der Waals surface area contributed by atoms with Crippen LogP contribution >= 0.6 is 43.5 Å². The lowest BCUT2D eigenvalue weighted by atomic mass is 9.76. The molecule has 1 fully saturated rings. The maximum absolute atomic E-state index is 12.7. The average molecular weight is 598 g/mol. The van der Waals surface area contributed by atoms with Gasteiger partial charge in [0, 0.05) is 39.2 Å². The molecule has 2 aromatic rings. The van der Waals surface area contributed by atoms with Crippen LogP contribution in [-0.4, -0.2) is 41.2 Å². The van der Waals surface area contributed by atoms with Crippen LogP contribution in [0.5, 0.6) is 0 Å². The summed E-state index contributed by atoms with van der Waals surface area (Å²) in [6.07, 6.45) is 6.02. The van der Waals surface area contributed by atoms with Crippen LogP contribution in [0.25, 0.3) is 0 Å². The Morgan fingerprint density at radius 2 is 1.91 bits per heavy atom. The van der Waals surface area contributed by atoms with Crippen LogP contribution in [0, 0.1) is 5.92 Å². The first-order valence-electron chi connectivity index (χ1n) is 11.4. The molecule has 2 heterocycles. The number of nitrogens with zero attached hydrogens (tertiary/aromatic N) is 3. The highest BCUT2D eigenvalue weighted by Crippen LogP contribution is 2.46. The van der Waals surface area contributed by atoms with Gasteiger partial charge in [-0.1, -0.05) is 32.7 Å². The van der Waals surface area contributed by atoms with Gasteiger partial charge in [-0.3, -0.25) is 9.78 Å². The second kappa shape index (κ2) is 10.9. The van der Waals surface area contributed by atoms with Gasteiger partial charge in [0.05, 0.1) is 17.8 Å². The van der Waals surface area contributed by atoms with Gasteiger partial charge in [0.1, 0.15) is 6.61 Å². The Hall–Kier alpha value is -1.44. The normalized spacial score (nSPS) is 18.2. The molecule has 2 aliphatic rings. The molecule has 5 nitrogen and oxygen atoms in total. The van der Waals surface area contributed by atoms with E-state index >= 15 is 0 Å². The number of benzene rings is 1. The predicted octanol–water partition coefficient (Wildman–Crippen LogP) is 6.53. The highest BCUT2D eigenvalue weighted by Gasteiger charge is 2.36. The Kier molecular flexibility index (Phi) is 8.13. The van der Waals surface area contributed by atoms with Gasteiger partial charge in [-0.05, 0) is 96.3 Å². The maximum atomic E-state index is 12.7. The number of rotatable bonds is 5. The van der Waals surface area contributed by atoms with E-state index in [4.69, 9.17) is 21.4 Å². The van der Waals surface area contributed by atoms with Crippen molar-refractivity contribution in [2.24, 2.45) is 11.1 Å². The monoisotopic (exact) mass is 595 g/mol. The van der Waals surface area contributed by atoms with Crippen molar-refractivity contribution < 1.29 is 9.63 Å². The number of hydrogen-bond acceptors (Lipinski definition) is 4. The molecule has 1 aromatic heterocycles. The molecular weight excluding hydrogens is 570 g/mol. The number of hydrogen-bond donors (Lipinski definition) is 0. The minimum atomic E-state index is 0.133. The summed E-state index contributed by atoms with van der Waals surface area (Å²) < 4.78 is 2.06. The molecule has 0 bridgehead atoms. The molecule has 0 saturated carbocycles. The first-order valence-corrected chi connectivity index (χ1v) is 13.3. The van der Waals surface area contributed by atoms with E-state index in [1.54, 1.807) is 0 Å². The summed E-state index contributed by atoms with van der Waals surface area (Å²) in [4.78, 5) is 24.7. The molecule has 4 rings (SSSR count). The topological polar surface area (TPSA) is 54.8 Å². The van der Waals surface area contributed by atoms with Crippen LogP contribution in [0.4, 0.5) is 0 Å².